The first-order valence-corrected chi connectivity index (χ1v) is 20.8. The number of amides is 2. The van der Waals surface area contributed by atoms with Crippen LogP contribution in [-0.4, -0.2) is 104 Å². The molecule has 0 aliphatic carbocycles. The van der Waals surface area contributed by atoms with Gasteiger partial charge in [0.05, 0.1) is 41.3 Å². The maximum Gasteiger partial charge on any atom is 0.412 e. The van der Waals surface area contributed by atoms with Crippen LogP contribution in [0, 0.1) is 0 Å². The van der Waals surface area contributed by atoms with Crippen molar-refractivity contribution in [3.8, 4) is 28.6 Å². The number of nitrogens with one attached hydrogen (secondary N) is 2. The van der Waals surface area contributed by atoms with Crippen molar-refractivity contribution in [3.63, 3.8) is 0 Å². The lowest BCUT2D eigenvalue weighted by atomic mass is 9.86. The summed E-state index contributed by atoms with van der Waals surface area (Å²) < 4.78 is 35.5. The molecule has 2 aromatic heterocycles. The van der Waals surface area contributed by atoms with Gasteiger partial charge in [-0.1, -0.05) is 32.8 Å². The van der Waals surface area contributed by atoms with Crippen LogP contribution in [0.3, 0.4) is 0 Å². The summed E-state index contributed by atoms with van der Waals surface area (Å²) in [4.78, 5) is 58.3. The number of fused-ring (bicyclic) bond motifs is 6. The zero-order chi connectivity index (χ0) is 44.7. The number of hydrogen-bond acceptors (Lipinski definition) is 17. The fraction of sp³-hybridized carbons (Fsp3) is 0.465. The molecule has 63 heavy (non-hydrogen) atoms. The minimum absolute atomic E-state index is 0.00556. The van der Waals surface area contributed by atoms with E-state index in [1.807, 2.05) is 0 Å². The third-order valence-corrected chi connectivity index (χ3v) is 11.8. The Hall–Kier alpha value is -5.87. The highest BCUT2D eigenvalue weighted by atomic mass is 16.7. The van der Waals surface area contributed by atoms with E-state index in [1.54, 1.807) is 23.6 Å². The quantitative estimate of drug-likeness (QED) is 0.0582. The maximum absolute atomic E-state index is 14.0. The van der Waals surface area contributed by atoms with Gasteiger partial charge in [-0.3, -0.25) is 14.9 Å². The standard InChI is InChI=1S/C43H49N5O15/c1-3-5-6-7-21-22-15-48-27(13-24-23(39(48)54)18-58-41(55)43(24,57)4-2)33(22)46-26-14-29-38(61-19-60-29)34(32(21)26)47-42(56)59-17-20-8-9-28(25(12-20)45-31(50)10-11-44)62-40-37(53)36(52)35(51)30(16-49)63-40/h8-9,12-14,30,35-37,40,49,51-53,57H,3-7,10-11,15-19,44H2,1-2H3,(H,45,50)(H,47,56)/t30-,35-,36?,37?,40+,43+/m1/s1. The Bertz CT molecular complexity index is 2530. The molecule has 9 N–H and O–H groups in total. The molecule has 1 saturated heterocycles. The molecule has 20 heteroatoms. The van der Waals surface area contributed by atoms with Crippen LogP contribution in [0.4, 0.5) is 16.2 Å². The van der Waals surface area contributed by atoms with E-state index in [0.717, 1.165) is 30.4 Å². The van der Waals surface area contributed by atoms with E-state index in [9.17, 15) is 44.7 Å². The van der Waals surface area contributed by atoms with Gasteiger partial charge in [-0.2, -0.15) is 0 Å². The van der Waals surface area contributed by atoms with Crippen LogP contribution in [0.5, 0.6) is 17.2 Å². The maximum atomic E-state index is 14.0. The molecule has 4 aliphatic heterocycles. The van der Waals surface area contributed by atoms with Gasteiger partial charge < -0.3 is 69.6 Å². The number of pyridine rings is 2. The number of rotatable bonds is 14. The lowest BCUT2D eigenvalue weighted by Crippen LogP contribution is -2.60. The topological polar surface area (TPSA) is 293 Å². The number of benzene rings is 2. The Balaban J connectivity index is 1.11. The monoisotopic (exact) mass is 875 g/mol. The van der Waals surface area contributed by atoms with Crippen molar-refractivity contribution in [1.82, 2.24) is 9.55 Å². The van der Waals surface area contributed by atoms with Crippen molar-refractivity contribution >= 4 is 40.2 Å². The number of cyclic esters (lactones) is 1. The van der Waals surface area contributed by atoms with Gasteiger partial charge in [0, 0.05) is 35.5 Å². The Kier molecular flexibility index (Phi) is 12.3. The molecule has 20 nitrogen and oxygen atoms in total. The lowest BCUT2D eigenvalue weighted by molar-refractivity contribution is -0.277. The van der Waals surface area contributed by atoms with Crippen LogP contribution in [0.15, 0.2) is 35.1 Å². The second-order valence-corrected chi connectivity index (χ2v) is 15.8. The average Bonchev–Trinajstić information content (AvgIpc) is 3.90. The molecule has 0 spiro atoms. The van der Waals surface area contributed by atoms with Crippen molar-refractivity contribution < 1.29 is 68.3 Å². The molecule has 336 valence electrons. The van der Waals surface area contributed by atoms with Gasteiger partial charge in [0.2, 0.25) is 19.0 Å². The Morgan fingerprint density at radius 3 is 2.57 bits per heavy atom. The first-order chi connectivity index (χ1) is 30.3. The van der Waals surface area contributed by atoms with E-state index in [4.69, 9.17) is 39.1 Å². The van der Waals surface area contributed by atoms with Crippen molar-refractivity contribution in [3.05, 3.63) is 68.5 Å². The second kappa shape index (κ2) is 17.7. The molecular formula is C43H49N5O15. The summed E-state index contributed by atoms with van der Waals surface area (Å²) in [5.41, 5.74) is 7.17. The fourth-order valence-corrected chi connectivity index (χ4v) is 8.43. The molecule has 0 saturated carbocycles. The van der Waals surface area contributed by atoms with Gasteiger partial charge in [0.1, 0.15) is 49.1 Å². The van der Waals surface area contributed by atoms with Crippen molar-refractivity contribution in [2.45, 2.75) is 108 Å². The van der Waals surface area contributed by atoms with Crippen molar-refractivity contribution in [1.29, 1.82) is 0 Å². The highest BCUT2D eigenvalue weighted by Crippen LogP contribution is 2.49. The first-order valence-electron chi connectivity index (χ1n) is 20.8. The van der Waals surface area contributed by atoms with Crippen LogP contribution in [0.25, 0.3) is 22.3 Å². The number of carbonyl (C=O) groups is 3. The number of aromatic nitrogens is 2. The molecular weight excluding hydrogens is 826 g/mol. The van der Waals surface area contributed by atoms with E-state index >= 15 is 0 Å². The van der Waals surface area contributed by atoms with Gasteiger partial charge in [-0.25, -0.2) is 14.6 Å². The molecule has 2 aromatic carbocycles. The summed E-state index contributed by atoms with van der Waals surface area (Å²) in [7, 11) is 0. The van der Waals surface area contributed by atoms with E-state index in [1.165, 1.54) is 18.2 Å². The second-order valence-electron chi connectivity index (χ2n) is 15.8. The van der Waals surface area contributed by atoms with Crippen molar-refractivity contribution in [2.75, 3.05) is 30.6 Å². The summed E-state index contributed by atoms with van der Waals surface area (Å²) in [5.74, 6) is -0.752. The molecule has 0 bridgehead atoms. The lowest BCUT2D eigenvalue weighted by Gasteiger charge is -2.39. The molecule has 2 unspecified atom stereocenters. The van der Waals surface area contributed by atoms with E-state index in [2.05, 4.69) is 17.6 Å². The summed E-state index contributed by atoms with van der Waals surface area (Å²) in [6.45, 7) is 2.50. The molecule has 0 radical (unpaired) electrons. The van der Waals surface area contributed by atoms with Crippen LogP contribution >= 0.6 is 0 Å². The van der Waals surface area contributed by atoms with Crippen LogP contribution in [0.1, 0.15) is 73.8 Å². The fourth-order valence-electron chi connectivity index (χ4n) is 8.43. The molecule has 1 fully saturated rings. The van der Waals surface area contributed by atoms with E-state index in [0.29, 0.717) is 40.0 Å². The molecule has 8 rings (SSSR count). The Labute approximate surface area is 359 Å². The summed E-state index contributed by atoms with van der Waals surface area (Å²) in [6.07, 6.45) is -5.64. The number of carbonyl (C=O) groups excluding carboxylic acids is 3. The molecule has 6 heterocycles. The number of anilines is 2. The number of hydrogen-bond donors (Lipinski definition) is 8. The predicted molar refractivity (Wildman–Crippen MR) is 221 cm³/mol. The number of aliphatic hydroxyl groups is 5. The third-order valence-electron chi connectivity index (χ3n) is 11.8. The number of ether oxygens (including phenoxy) is 6. The minimum atomic E-state index is -2.00. The number of unbranched alkanes of at least 4 members (excludes halogenated alkanes) is 2. The zero-order valence-corrected chi connectivity index (χ0v) is 34.5. The smallest absolute Gasteiger partial charge is 0.412 e. The van der Waals surface area contributed by atoms with Crippen LogP contribution in [-0.2, 0) is 55.6 Å². The minimum Gasteiger partial charge on any atom is -0.460 e. The number of esters is 1. The number of aryl methyl sites for hydroxylation is 1. The number of nitrogens with two attached hydrogens (primary N) is 1. The van der Waals surface area contributed by atoms with Gasteiger partial charge in [0.15, 0.2) is 17.1 Å². The zero-order valence-electron chi connectivity index (χ0n) is 34.5. The molecule has 6 atom stereocenters. The summed E-state index contributed by atoms with van der Waals surface area (Å²) >= 11 is 0. The highest BCUT2D eigenvalue weighted by Gasteiger charge is 2.47. The van der Waals surface area contributed by atoms with E-state index in [-0.39, 0.29) is 79.9 Å². The van der Waals surface area contributed by atoms with Gasteiger partial charge >= 0.3 is 12.1 Å². The predicted octanol–water partition coefficient (Wildman–Crippen LogP) is 1.76. The van der Waals surface area contributed by atoms with E-state index < -0.39 is 66.4 Å². The van der Waals surface area contributed by atoms with Gasteiger partial charge in [-0.15, -0.1) is 0 Å². The molecule has 4 aromatic rings. The molecule has 4 aliphatic rings. The van der Waals surface area contributed by atoms with Crippen LogP contribution < -0.4 is 36.1 Å². The largest absolute Gasteiger partial charge is 0.460 e. The summed E-state index contributed by atoms with van der Waals surface area (Å²) in [6, 6.07) is 7.75. The van der Waals surface area contributed by atoms with Crippen molar-refractivity contribution in [2.24, 2.45) is 5.73 Å². The van der Waals surface area contributed by atoms with Crippen LogP contribution in [0.2, 0.25) is 0 Å². The summed E-state index contributed by atoms with van der Waals surface area (Å²) in [5, 5.41) is 58.1. The number of nitrogens with zero attached hydrogens (tertiary/aromatic N) is 2. The average molecular weight is 876 g/mol. The van der Waals surface area contributed by atoms with Gasteiger partial charge in [-0.05, 0) is 48.6 Å². The third kappa shape index (κ3) is 7.92. The van der Waals surface area contributed by atoms with Gasteiger partial charge in [0.25, 0.3) is 5.56 Å². The normalized spacial score (nSPS) is 23.1. The Morgan fingerprint density at radius 1 is 1.02 bits per heavy atom. The highest BCUT2D eigenvalue weighted by molar-refractivity contribution is 6.06. The SMILES string of the molecule is CCCCCc1c2c(nc3cc4c(c(NC(=O)OCc5ccc(O[C@H]6O[C@H](CO)[C@@H](O)C(O)C6O)c(NC(=O)CCN)c5)c13)OCO4)-c1cc3c(c(=O)n1C2)COC(=O)[C@]3(O)CC. The number of aliphatic hydroxyl groups excluding tert-OH is 4. The Morgan fingerprint density at radius 2 is 1.83 bits per heavy atom. The molecule has 2 amide bonds. The first kappa shape index (κ1) is 43.8.